The second-order valence-electron chi connectivity index (χ2n) is 21.1. The second-order valence-corrected chi connectivity index (χ2v) is 21.1. The minimum atomic E-state index is -0.724. The lowest BCUT2D eigenvalue weighted by molar-refractivity contribution is -0.144. The number of hydrogen-bond acceptors (Lipinski definition) is 18. The van der Waals surface area contributed by atoms with E-state index >= 15 is 8.78 Å². The van der Waals surface area contributed by atoms with E-state index in [0.29, 0.717) is 85.2 Å². The number of nitrogens with two attached hydrogens (primary N) is 1. The Labute approximate surface area is 422 Å². The van der Waals surface area contributed by atoms with Gasteiger partial charge in [-0.1, -0.05) is 5.16 Å². The third-order valence-electron chi connectivity index (χ3n) is 14.9. The third kappa shape index (κ3) is 10.9. The van der Waals surface area contributed by atoms with Crippen LogP contribution in [0.2, 0.25) is 0 Å². The van der Waals surface area contributed by atoms with Gasteiger partial charge in [0, 0.05) is 89.0 Å². The number of nitrogen functional groups attached to an aromatic ring is 1. The topological polar surface area (TPSA) is 239 Å². The fraction of sp³-hybridized carbons (Fsp3) is 0.560. The van der Waals surface area contributed by atoms with Crippen molar-refractivity contribution in [1.82, 2.24) is 54.9 Å². The van der Waals surface area contributed by atoms with Crippen LogP contribution in [0.15, 0.2) is 35.4 Å². The molecule has 4 N–H and O–H groups in total. The van der Waals surface area contributed by atoms with Crippen LogP contribution in [0.3, 0.4) is 0 Å². The molecule has 0 spiro atoms. The van der Waals surface area contributed by atoms with Gasteiger partial charge in [-0.15, -0.1) is 0 Å². The zero-order valence-corrected chi connectivity index (χ0v) is 42.4. The second kappa shape index (κ2) is 20.9. The van der Waals surface area contributed by atoms with Gasteiger partial charge in [-0.05, 0) is 91.8 Å². The molecule has 0 radical (unpaired) electrons. The molecule has 10 rings (SSSR count). The van der Waals surface area contributed by atoms with Crippen LogP contribution in [0.25, 0.3) is 33.8 Å². The number of nitrogens with one attached hydrogen (secondary N) is 2. The monoisotopic (exact) mass is 1010 g/mol. The number of nitrogens with zero attached hydrogens (tertiary/aromatic N) is 12. The van der Waals surface area contributed by atoms with Crippen LogP contribution in [0.1, 0.15) is 84.8 Å². The molecule has 4 aliphatic heterocycles. The quantitative estimate of drug-likeness (QED) is 0.116. The molecule has 73 heavy (non-hydrogen) atoms. The first-order chi connectivity index (χ1) is 34.9. The molecule has 1 atom stereocenters. The lowest BCUT2D eigenvalue weighted by Crippen LogP contribution is -2.59. The van der Waals surface area contributed by atoms with Crippen LogP contribution >= 0.6 is 0 Å². The molecule has 3 amide bonds. The van der Waals surface area contributed by atoms with Crippen molar-refractivity contribution in [2.75, 3.05) is 100.0 Å². The highest BCUT2D eigenvalue weighted by Gasteiger charge is 2.41. The molecule has 1 saturated carbocycles. The van der Waals surface area contributed by atoms with Crippen LogP contribution < -0.4 is 26.2 Å². The standard InChI is InChI=1S/C26H35F2N5O5.C24H30N10O/c1-26(2,17-5-7-31(8-6-17)23(36)15-38-16-34)33-11-9-32(10-12-33)24-19(27)13-18(14-20(24)28)29-21-3-4-22(35)30-25(21)37;1-24(2,3)34-23-17(21(25)28-13-29-23)18(30-34)19-16(20(35-31-19)14-5-6-14)22-26-11-15(12-27-22)33-9-7-32(4)8-10-33/h13-14,16-17,21,29H,3-12,15H2,1-2H3,(H,30,35,37);11-14H,5-10H2,1-4H3,(H2,25,28,29). The fourth-order valence-corrected chi connectivity index (χ4v) is 10.4. The normalized spacial score (nSPS) is 19.7. The summed E-state index contributed by atoms with van der Waals surface area (Å²) in [6.07, 6.45) is 9.44. The summed E-state index contributed by atoms with van der Waals surface area (Å²) in [5.74, 6) is -0.0627. The number of imide groups is 1. The summed E-state index contributed by atoms with van der Waals surface area (Å²) in [6.45, 7) is 18.0. The van der Waals surface area contributed by atoms with Gasteiger partial charge in [-0.2, -0.15) is 5.10 Å². The number of halogens is 2. The Morgan fingerprint density at radius 2 is 1.53 bits per heavy atom. The van der Waals surface area contributed by atoms with Crippen molar-refractivity contribution in [3.63, 3.8) is 0 Å². The minimum absolute atomic E-state index is 0.0827. The molecule has 23 heteroatoms. The van der Waals surface area contributed by atoms with E-state index in [-0.39, 0.29) is 60.2 Å². The Bertz CT molecular complexity index is 2800. The highest BCUT2D eigenvalue weighted by Crippen LogP contribution is 2.48. The molecule has 5 aliphatic rings. The predicted molar refractivity (Wildman–Crippen MR) is 268 cm³/mol. The molecule has 1 aromatic carbocycles. The number of likely N-dealkylation sites (tertiary alicyclic amines) is 1. The summed E-state index contributed by atoms with van der Waals surface area (Å²) in [5, 5.41) is 15.1. The Hall–Kier alpha value is -6.88. The van der Waals surface area contributed by atoms with Crippen LogP contribution in [0.5, 0.6) is 0 Å². The maximum Gasteiger partial charge on any atom is 0.293 e. The highest BCUT2D eigenvalue weighted by molar-refractivity contribution is 6.02. The number of aromatic nitrogens is 7. The van der Waals surface area contributed by atoms with Gasteiger partial charge in [0.15, 0.2) is 35.5 Å². The largest absolute Gasteiger partial charge is 0.458 e. The average Bonchev–Trinajstić information content (AvgIpc) is 3.99. The van der Waals surface area contributed by atoms with Gasteiger partial charge in [0.2, 0.25) is 11.8 Å². The van der Waals surface area contributed by atoms with Crippen molar-refractivity contribution < 1.29 is 37.2 Å². The van der Waals surface area contributed by atoms with E-state index in [1.807, 2.05) is 17.1 Å². The lowest BCUT2D eigenvalue weighted by atomic mass is 9.78. The lowest BCUT2D eigenvalue weighted by Gasteiger charge is -2.50. The molecule has 5 fully saturated rings. The van der Waals surface area contributed by atoms with Crippen molar-refractivity contribution in [3.05, 3.63) is 48.2 Å². The number of rotatable bonds is 12. The predicted octanol–water partition coefficient (Wildman–Crippen LogP) is 4.40. The number of anilines is 4. The molecule has 8 heterocycles. The van der Waals surface area contributed by atoms with Gasteiger partial charge >= 0.3 is 0 Å². The molecular weight excluding hydrogens is 945 g/mol. The van der Waals surface area contributed by atoms with E-state index < -0.39 is 23.6 Å². The molecule has 4 aromatic heterocycles. The zero-order valence-electron chi connectivity index (χ0n) is 42.4. The first-order valence-corrected chi connectivity index (χ1v) is 25.1. The van der Waals surface area contributed by atoms with Crippen LogP contribution in [0.4, 0.5) is 31.7 Å². The number of piperidine rings is 2. The van der Waals surface area contributed by atoms with Crippen molar-refractivity contribution in [2.24, 2.45) is 5.92 Å². The maximum atomic E-state index is 15.1. The van der Waals surface area contributed by atoms with Gasteiger partial charge in [0.05, 0.1) is 34.6 Å². The number of hydrogen-bond donors (Lipinski definition) is 3. The Kier molecular flexibility index (Phi) is 14.6. The van der Waals surface area contributed by atoms with Crippen LogP contribution in [-0.2, 0) is 29.5 Å². The molecule has 4 saturated heterocycles. The number of carbonyl (C=O) groups excluding carboxylic acids is 4. The fourth-order valence-electron chi connectivity index (χ4n) is 10.4. The summed E-state index contributed by atoms with van der Waals surface area (Å²) >= 11 is 0. The van der Waals surface area contributed by atoms with Crippen LogP contribution in [0, 0.1) is 17.6 Å². The Balaban J connectivity index is 0.000000180. The van der Waals surface area contributed by atoms with E-state index in [0.717, 1.165) is 68.9 Å². The number of carbonyl (C=O) groups is 4. The molecule has 1 unspecified atom stereocenters. The first-order valence-electron chi connectivity index (χ1n) is 25.1. The molecule has 5 aromatic rings. The summed E-state index contributed by atoms with van der Waals surface area (Å²) in [6, 6.07) is 1.65. The number of amides is 3. The summed E-state index contributed by atoms with van der Waals surface area (Å²) in [5.41, 5.74) is 9.55. The van der Waals surface area contributed by atoms with Gasteiger partial charge in [0.1, 0.15) is 35.3 Å². The van der Waals surface area contributed by atoms with Crippen molar-refractivity contribution in [2.45, 2.75) is 96.2 Å². The van der Waals surface area contributed by atoms with E-state index in [4.69, 9.17) is 25.3 Å². The van der Waals surface area contributed by atoms with Crippen molar-refractivity contribution in [1.29, 1.82) is 0 Å². The Morgan fingerprint density at radius 1 is 0.877 bits per heavy atom. The molecular formula is C50H65F2N15O6. The minimum Gasteiger partial charge on any atom is -0.458 e. The summed E-state index contributed by atoms with van der Waals surface area (Å²) < 4.78 is 42.5. The van der Waals surface area contributed by atoms with Gasteiger partial charge in [0.25, 0.3) is 12.4 Å². The number of likely N-dealkylation sites (N-methyl/N-ethyl adjacent to an activating group) is 1. The molecule has 1 aliphatic carbocycles. The number of fused-ring (bicyclic) bond motifs is 1. The van der Waals surface area contributed by atoms with E-state index in [1.54, 1.807) is 9.80 Å². The highest BCUT2D eigenvalue weighted by atomic mass is 19.1. The van der Waals surface area contributed by atoms with E-state index in [1.165, 1.54) is 18.5 Å². The maximum absolute atomic E-state index is 15.1. The van der Waals surface area contributed by atoms with Crippen molar-refractivity contribution >= 4 is 58.1 Å². The van der Waals surface area contributed by atoms with E-state index in [9.17, 15) is 19.2 Å². The van der Waals surface area contributed by atoms with Gasteiger partial charge in [-0.25, -0.2) is 33.4 Å². The molecule has 390 valence electrons. The summed E-state index contributed by atoms with van der Waals surface area (Å²) in [7, 11) is 2.15. The number of ether oxygens (including phenoxy) is 1. The first kappa shape index (κ1) is 51.0. The molecule has 21 nitrogen and oxygen atoms in total. The van der Waals surface area contributed by atoms with Gasteiger partial charge < -0.3 is 39.9 Å². The summed E-state index contributed by atoms with van der Waals surface area (Å²) in [4.78, 5) is 74.4. The smallest absolute Gasteiger partial charge is 0.293 e. The zero-order chi connectivity index (χ0) is 51.8. The van der Waals surface area contributed by atoms with Gasteiger partial charge in [-0.3, -0.25) is 29.4 Å². The van der Waals surface area contributed by atoms with E-state index in [2.05, 4.69) is 86.9 Å². The van der Waals surface area contributed by atoms with Crippen molar-refractivity contribution in [3.8, 4) is 22.8 Å². The SMILES string of the molecule is CC(C)(C1CCN(C(=O)COC=O)CC1)N1CCN(c2c(F)cc(NC3CCC(=O)NC3=O)cc2F)CC1.CN1CCN(c2cnc(-c3c(-c4nn(C(C)(C)C)c5ncnc(N)c45)noc3C3CC3)nc2)CC1. The third-order valence-corrected chi connectivity index (χ3v) is 14.9. The Morgan fingerprint density at radius 3 is 2.15 bits per heavy atom. The average molecular weight is 1010 g/mol. The number of piperazine rings is 2. The van der Waals surface area contributed by atoms with Crippen LogP contribution in [-0.4, -0.2) is 164 Å². The number of benzene rings is 1. The molecule has 0 bridgehead atoms.